The van der Waals surface area contributed by atoms with Gasteiger partial charge in [-0.25, -0.2) is 4.39 Å². The molecule has 2 amide bonds. The van der Waals surface area contributed by atoms with Gasteiger partial charge in [-0.2, -0.15) is 0 Å². The lowest BCUT2D eigenvalue weighted by Gasteiger charge is -2.23. The van der Waals surface area contributed by atoms with E-state index in [9.17, 15) is 14.0 Å². The molecule has 1 aliphatic rings. The average molecular weight is 449 g/mol. The average Bonchev–Trinajstić information content (AvgIpc) is 3.06. The molecule has 0 heterocycles. The molecule has 0 aliphatic heterocycles. The third-order valence-electron chi connectivity index (χ3n) is 5.16. The predicted molar refractivity (Wildman–Crippen MR) is 117 cm³/mol. The topological polar surface area (TPSA) is 134 Å². The fourth-order valence-electron chi connectivity index (χ4n) is 3.75. The monoisotopic (exact) mass is 448 g/mol. The molecule has 8 nitrogen and oxygen atoms in total. The van der Waals surface area contributed by atoms with Crippen LogP contribution in [0.1, 0.15) is 22.7 Å². The van der Waals surface area contributed by atoms with Crippen LogP contribution in [0.15, 0.2) is 36.4 Å². The molecular weight excluding hydrogens is 423 g/mol. The van der Waals surface area contributed by atoms with Gasteiger partial charge in [-0.15, -0.1) is 0 Å². The summed E-state index contributed by atoms with van der Waals surface area (Å²) in [7, 11) is 1.87. The Morgan fingerprint density at radius 3 is 2.65 bits per heavy atom. The van der Waals surface area contributed by atoms with Gasteiger partial charge in [0.2, 0.25) is 0 Å². The quantitative estimate of drug-likeness (QED) is 0.276. The van der Waals surface area contributed by atoms with Crippen molar-refractivity contribution in [3.8, 4) is 0 Å². The first kappa shape index (κ1) is 23.1. The zero-order chi connectivity index (χ0) is 22.5. The van der Waals surface area contributed by atoms with Crippen LogP contribution in [0, 0.1) is 11.7 Å². The van der Waals surface area contributed by atoms with Crippen molar-refractivity contribution in [1.29, 1.82) is 0 Å². The molecule has 31 heavy (non-hydrogen) atoms. The van der Waals surface area contributed by atoms with Crippen molar-refractivity contribution < 1.29 is 14.0 Å². The standard InChI is InChI=1S/C21H26ClFN6O2/c1-26-9-11-2-4-15-12(6-11)7-13(10-27-21(24)25)18(15)29-20(31)19(30)28-14-3-5-16(22)17(23)8-14/h2-6,8,13,18,21,26-27H,7,9-10,24-25H2,1H3,(H,28,30)(H,29,31). The Kier molecular flexibility index (Phi) is 7.58. The summed E-state index contributed by atoms with van der Waals surface area (Å²) < 4.78 is 13.6. The molecule has 2 aromatic carbocycles. The number of anilines is 1. The van der Waals surface area contributed by atoms with Gasteiger partial charge in [-0.3, -0.25) is 14.9 Å². The third kappa shape index (κ3) is 5.78. The molecule has 3 rings (SSSR count). The lowest BCUT2D eigenvalue weighted by atomic mass is 10.00. The lowest BCUT2D eigenvalue weighted by molar-refractivity contribution is -0.136. The van der Waals surface area contributed by atoms with Crippen molar-refractivity contribution in [2.45, 2.75) is 25.3 Å². The highest BCUT2D eigenvalue weighted by Gasteiger charge is 2.34. The fourth-order valence-corrected chi connectivity index (χ4v) is 3.87. The van der Waals surface area contributed by atoms with Gasteiger partial charge in [0.15, 0.2) is 0 Å². The van der Waals surface area contributed by atoms with Crippen molar-refractivity contribution in [3.05, 3.63) is 63.9 Å². The molecule has 0 radical (unpaired) electrons. The van der Waals surface area contributed by atoms with Gasteiger partial charge in [-0.1, -0.05) is 29.8 Å². The van der Waals surface area contributed by atoms with E-state index in [4.69, 9.17) is 23.1 Å². The summed E-state index contributed by atoms with van der Waals surface area (Å²) in [6, 6.07) is 9.40. The fraction of sp³-hybridized carbons (Fsp3) is 0.333. The number of hydrogen-bond donors (Lipinski definition) is 6. The van der Waals surface area contributed by atoms with E-state index in [1.807, 2.05) is 19.2 Å². The summed E-state index contributed by atoms with van der Waals surface area (Å²) in [4.78, 5) is 25.0. The smallest absolute Gasteiger partial charge is 0.313 e. The van der Waals surface area contributed by atoms with Crippen LogP contribution in [0.5, 0.6) is 0 Å². The van der Waals surface area contributed by atoms with Crippen LogP contribution >= 0.6 is 11.6 Å². The first-order valence-electron chi connectivity index (χ1n) is 9.86. The number of amides is 2. The van der Waals surface area contributed by atoms with Gasteiger partial charge in [0.1, 0.15) is 12.1 Å². The van der Waals surface area contributed by atoms with Crippen LogP contribution in [0.2, 0.25) is 5.02 Å². The first-order chi connectivity index (χ1) is 14.8. The molecule has 0 saturated heterocycles. The Balaban J connectivity index is 1.74. The molecular formula is C21H26ClFN6O2. The molecule has 2 unspecified atom stereocenters. The molecule has 0 aromatic heterocycles. The lowest BCUT2D eigenvalue weighted by Crippen LogP contribution is -2.49. The van der Waals surface area contributed by atoms with Crippen molar-refractivity contribution in [2.24, 2.45) is 17.4 Å². The Labute approximate surface area is 184 Å². The van der Waals surface area contributed by atoms with Crippen LogP contribution in [0.4, 0.5) is 10.1 Å². The minimum Gasteiger partial charge on any atom is -0.341 e. The van der Waals surface area contributed by atoms with E-state index in [1.54, 1.807) is 0 Å². The molecule has 2 atom stereocenters. The number of hydrogen-bond acceptors (Lipinski definition) is 6. The van der Waals surface area contributed by atoms with E-state index in [0.717, 1.165) is 29.3 Å². The largest absolute Gasteiger partial charge is 0.341 e. The van der Waals surface area contributed by atoms with E-state index >= 15 is 0 Å². The van der Waals surface area contributed by atoms with Crippen molar-refractivity contribution >= 4 is 29.1 Å². The normalized spacial score (nSPS) is 17.5. The highest BCUT2D eigenvalue weighted by Crippen LogP contribution is 2.36. The van der Waals surface area contributed by atoms with Crippen molar-refractivity contribution in [1.82, 2.24) is 16.0 Å². The van der Waals surface area contributed by atoms with Crippen LogP contribution < -0.4 is 32.7 Å². The second kappa shape index (κ2) is 10.2. The Hall–Kier alpha value is -2.56. The number of halogens is 2. The molecule has 0 saturated carbocycles. The minimum atomic E-state index is -0.899. The zero-order valence-corrected chi connectivity index (χ0v) is 17.8. The second-order valence-corrected chi connectivity index (χ2v) is 7.90. The summed E-state index contributed by atoms with van der Waals surface area (Å²) >= 11 is 5.65. The second-order valence-electron chi connectivity index (χ2n) is 7.50. The van der Waals surface area contributed by atoms with Gasteiger partial charge >= 0.3 is 11.8 Å². The number of carbonyl (C=O) groups is 2. The van der Waals surface area contributed by atoms with Crippen molar-refractivity contribution in [2.75, 3.05) is 18.9 Å². The SMILES string of the molecule is CNCc1ccc2c(c1)CC(CNC(N)N)C2NC(=O)C(=O)Nc1ccc(Cl)c(F)c1. The predicted octanol–water partition coefficient (Wildman–Crippen LogP) is 0.957. The first-order valence-corrected chi connectivity index (χ1v) is 10.2. The number of carbonyl (C=O) groups excluding carboxylic acids is 2. The summed E-state index contributed by atoms with van der Waals surface area (Å²) in [6.45, 7) is 1.18. The third-order valence-corrected chi connectivity index (χ3v) is 5.47. The molecule has 166 valence electrons. The maximum atomic E-state index is 13.6. The van der Waals surface area contributed by atoms with Crippen LogP contribution in [0.25, 0.3) is 0 Å². The zero-order valence-electron chi connectivity index (χ0n) is 17.0. The van der Waals surface area contributed by atoms with Crippen LogP contribution in [0.3, 0.4) is 0 Å². The van der Waals surface area contributed by atoms with E-state index in [2.05, 4.69) is 27.3 Å². The van der Waals surface area contributed by atoms with Gasteiger partial charge in [0.05, 0.1) is 11.1 Å². The summed E-state index contributed by atoms with van der Waals surface area (Å²) in [5.41, 5.74) is 14.5. The Morgan fingerprint density at radius 2 is 1.97 bits per heavy atom. The molecule has 1 aliphatic carbocycles. The maximum Gasteiger partial charge on any atom is 0.313 e. The van der Waals surface area contributed by atoms with E-state index < -0.39 is 30.0 Å². The highest BCUT2D eigenvalue weighted by atomic mass is 35.5. The molecule has 8 N–H and O–H groups in total. The van der Waals surface area contributed by atoms with Gasteiger partial charge in [-0.05, 0) is 54.3 Å². The van der Waals surface area contributed by atoms with Gasteiger partial charge in [0.25, 0.3) is 0 Å². The van der Waals surface area contributed by atoms with Crippen LogP contribution in [-0.2, 0) is 22.6 Å². The minimum absolute atomic E-state index is 0.0424. The summed E-state index contributed by atoms with van der Waals surface area (Å²) in [6.07, 6.45) is 0.00435. The van der Waals surface area contributed by atoms with E-state index in [1.165, 1.54) is 12.1 Å². The number of nitrogens with two attached hydrogens (primary N) is 2. The molecule has 0 fully saturated rings. The number of rotatable bonds is 7. The molecule has 2 aromatic rings. The highest BCUT2D eigenvalue weighted by molar-refractivity contribution is 6.39. The van der Waals surface area contributed by atoms with Gasteiger partial charge < -0.3 is 27.4 Å². The molecule has 0 spiro atoms. The number of fused-ring (bicyclic) bond motifs is 1. The van der Waals surface area contributed by atoms with E-state index in [-0.39, 0.29) is 16.6 Å². The van der Waals surface area contributed by atoms with Crippen molar-refractivity contribution in [3.63, 3.8) is 0 Å². The number of benzene rings is 2. The number of nitrogens with one attached hydrogen (secondary N) is 4. The van der Waals surface area contributed by atoms with Gasteiger partial charge in [0, 0.05) is 18.8 Å². The van der Waals surface area contributed by atoms with Crippen LogP contribution in [-0.4, -0.2) is 31.7 Å². The molecule has 10 heteroatoms. The Morgan fingerprint density at radius 1 is 1.19 bits per heavy atom. The summed E-state index contributed by atoms with van der Waals surface area (Å²) in [5.74, 6) is -2.45. The molecule has 0 bridgehead atoms. The Bertz CT molecular complexity index is 971. The summed E-state index contributed by atoms with van der Waals surface area (Å²) in [5, 5.41) is 11.2. The van der Waals surface area contributed by atoms with E-state index in [0.29, 0.717) is 13.0 Å². The maximum absolute atomic E-state index is 13.6.